The van der Waals surface area contributed by atoms with E-state index in [-0.39, 0.29) is 9.13 Å². The van der Waals surface area contributed by atoms with Crippen LogP contribution < -0.4 is 0 Å². The monoisotopic (exact) mass is 382 g/mol. The molecular formula is C8H4BrF4I. The Kier molecular flexibility index (Phi) is 3.79. The van der Waals surface area contributed by atoms with Gasteiger partial charge in [0.15, 0.2) is 0 Å². The molecule has 0 aliphatic heterocycles. The number of hydrogen-bond donors (Lipinski definition) is 0. The van der Waals surface area contributed by atoms with Gasteiger partial charge in [-0.25, -0.2) is 4.39 Å². The lowest BCUT2D eigenvalue weighted by atomic mass is 10.1. The van der Waals surface area contributed by atoms with E-state index < -0.39 is 16.8 Å². The van der Waals surface area contributed by atoms with Crippen LogP contribution in [0.5, 0.6) is 0 Å². The van der Waals surface area contributed by atoms with Crippen LogP contribution in [-0.2, 0) is 0 Å². The van der Waals surface area contributed by atoms with Crippen LogP contribution in [0, 0.1) is 9.39 Å². The molecular weight excluding hydrogens is 379 g/mol. The number of halogens is 6. The summed E-state index contributed by atoms with van der Waals surface area (Å²) in [6.45, 7) is 0. The Morgan fingerprint density at radius 1 is 1.29 bits per heavy atom. The fourth-order valence-corrected chi connectivity index (χ4v) is 1.77. The minimum Gasteiger partial charge on any atom is -0.205 e. The maximum atomic E-state index is 13.2. The van der Waals surface area contributed by atoms with E-state index in [1.807, 2.05) is 0 Å². The predicted octanol–water partition coefficient (Wildman–Crippen LogP) is 4.43. The summed E-state index contributed by atoms with van der Waals surface area (Å²) in [4.78, 5) is -1.95. The Bertz CT molecular complexity index is 337. The van der Waals surface area contributed by atoms with Crippen molar-refractivity contribution >= 4 is 38.5 Å². The quantitative estimate of drug-likeness (QED) is 0.383. The van der Waals surface area contributed by atoms with E-state index in [1.54, 1.807) is 22.6 Å². The molecule has 0 nitrogen and oxygen atoms in total. The molecule has 0 bridgehead atoms. The first kappa shape index (κ1) is 12.2. The fraction of sp³-hybridized carbons (Fsp3) is 0.250. The van der Waals surface area contributed by atoms with E-state index in [2.05, 4.69) is 15.9 Å². The first-order chi connectivity index (χ1) is 6.34. The molecule has 0 fully saturated rings. The molecule has 1 unspecified atom stereocenters. The van der Waals surface area contributed by atoms with E-state index in [0.717, 1.165) is 6.07 Å². The molecule has 0 aliphatic rings. The summed E-state index contributed by atoms with van der Waals surface area (Å²) in [5, 5.41) is 0. The predicted molar refractivity (Wildman–Crippen MR) is 56.8 cm³/mol. The van der Waals surface area contributed by atoms with Crippen molar-refractivity contribution in [2.45, 2.75) is 11.0 Å². The molecule has 14 heavy (non-hydrogen) atoms. The summed E-state index contributed by atoms with van der Waals surface area (Å²) < 4.78 is 50.1. The molecule has 0 spiro atoms. The molecule has 0 saturated heterocycles. The second kappa shape index (κ2) is 4.34. The topological polar surface area (TPSA) is 0 Å². The zero-order valence-corrected chi connectivity index (χ0v) is 10.3. The highest BCUT2D eigenvalue weighted by Crippen LogP contribution is 2.41. The van der Waals surface area contributed by atoms with Crippen molar-refractivity contribution in [3.8, 4) is 0 Å². The highest BCUT2D eigenvalue weighted by molar-refractivity contribution is 14.1. The van der Waals surface area contributed by atoms with Gasteiger partial charge in [0.1, 0.15) is 10.6 Å². The molecule has 1 aromatic rings. The van der Waals surface area contributed by atoms with Gasteiger partial charge in [-0.2, -0.15) is 13.2 Å². The van der Waals surface area contributed by atoms with E-state index in [1.165, 1.54) is 12.1 Å². The van der Waals surface area contributed by atoms with Crippen LogP contribution in [0.25, 0.3) is 0 Å². The molecule has 0 heterocycles. The van der Waals surface area contributed by atoms with Gasteiger partial charge in [-0.05, 0) is 28.7 Å². The molecule has 0 N–H and O–H groups in total. The van der Waals surface area contributed by atoms with Gasteiger partial charge in [-0.1, -0.05) is 28.1 Å². The molecule has 1 atom stereocenters. The molecule has 0 aliphatic carbocycles. The van der Waals surface area contributed by atoms with Crippen LogP contribution >= 0.6 is 38.5 Å². The number of rotatable bonds is 1. The lowest BCUT2D eigenvalue weighted by molar-refractivity contribution is -0.128. The summed E-state index contributed by atoms with van der Waals surface area (Å²) in [5.74, 6) is -0.827. The second-order valence-electron chi connectivity index (χ2n) is 2.55. The summed E-state index contributed by atoms with van der Waals surface area (Å²) in [6, 6.07) is 3.92. The third-order valence-electron chi connectivity index (χ3n) is 1.54. The minimum absolute atomic E-state index is 0.175. The van der Waals surface area contributed by atoms with E-state index in [9.17, 15) is 17.6 Å². The van der Waals surface area contributed by atoms with Gasteiger partial charge >= 0.3 is 6.18 Å². The van der Waals surface area contributed by atoms with Crippen LogP contribution in [0.3, 0.4) is 0 Å². The van der Waals surface area contributed by atoms with Gasteiger partial charge in [0, 0.05) is 9.13 Å². The van der Waals surface area contributed by atoms with Crippen molar-refractivity contribution in [3.63, 3.8) is 0 Å². The van der Waals surface area contributed by atoms with Gasteiger partial charge < -0.3 is 0 Å². The minimum atomic E-state index is -4.48. The number of benzene rings is 1. The summed E-state index contributed by atoms with van der Waals surface area (Å²) in [6.07, 6.45) is -4.48. The molecule has 0 radical (unpaired) electrons. The average molecular weight is 383 g/mol. The SMILES string of the molecule is Fc1c(I)cccc1C(Br)C(F)(F)F. The van der Waals surface area contributed by atoms with Crippen LogP contribution in [0.4, 0.5) is 17.6 Å². The van der Waals surface area contributed by atoms with Gasteiger partial charge in [-0.15, -0.1) is 0 Å². The van der Waals surface area contributed by atoms with E-state index in [4.69, 9.17) is 0 Å². The van der Waals surface area contributed by atoms with Gasteiger partial charge in [0.2, 0.25) is 0 Å². The third-order valence-corrected chi connectivity index (χ3v) is 3.39. The highest BCUT2D eigenvalue weighted by atomic mass is 127. The molecule has 1 rings (SSSR count). The first-order valence-corrected chi connectivity index (χ1v) is 5.48. The second-order valence-corrected chi connectivity index (χ2v) is 4.63. The Morgan fingerprint density at radius 3 is 2.36 bits per heavy atom. The molecule has 0 saturated carbocycles. The lowest BCUT2D eigenvalue weighted by Crippen LogP contribution is -2.16. The summed E-state index contributed by atoms with van der Waals surface area (Å²) in [7, 11) is 0. The van der Waals surface area contributed by atoms with E-state index >= 15 is 0 Å². The van der Waals surface area contributed by atoms with Gasteiger partial charge in [0.25, 0.3) is 0 Å². The normalized spacial score (nSPS) is 14.1. The van der Waals surface area contributed by atoms with Crippen LogP contribution in [0.15, 0.2) is 18.2 Å². The smallest absolute Gasteiger partial charge is 0.205 e. The molecule has 0 amide bonds. The van der Waals surface area contributed by atoms with Gasteiger partial charge in [-0.3, -0.25) is 0 Å². The zero-order valence-electron chi connectivity index (χ0n) is 6.58. The van der Waals surface area contributed by atoms with E-state index in [0.29, 0.717) is 0 Å². The summed E-state index contributed by atoms with van der Waals surface area (Å²) in [5.41, 5.74) is -0.385. The van der Waals surface area contributed by atoms with Crippen molar-refractivity contribution in [2.75, 3.05) is 0 Å². The average Bonchev–Trinajstić information content (AvgIpc) is 2.07. The van der Waals surface area contributed by atoms with Crippen molar-refractivity contribution in [1.82, 2.24) is 0 Å². The molecule has 78 valence electrons. The molecule has 1 aromatic carbocycles. The van der Waals surface area contributed by atoms with Crippen molar-refractivity contribution in [2.24, 2.45) is 0 Å². The first-order valence-electron chi connectivity index (χ1n) is 3.48. The highest BCUT2D eigenvalue weighted by Gasteiger charge is 2.40. The maximum Gasteiger partial charge on any atom is 0.405 e. The Balaban J connectivity index is 3.14. The Morgan fingerprint density at radius 2 is 1.86 bits per heavy atom. The zero-order chi connectivity index (χ0) is 10.9. The van der Waals surface area contributed by atoms with Gasteiger partial charge in [0.05, 0.1) is 0 Å². The van der Waals surface area contributed by atoms with Crippen molar-refractivity contribution < 1.29 is 17.6 Å². The van der Waals surface area contributed by atoms with Crippen LogP contribution in [0.1, 0.15) is 10.4 Å². The lowest BCUT2D eigenvalue weighted by Gasteiger charge is -2.15. The summed E-state index contributed by atoms with van der Waals surface area (Å²) >= 11 is 4.07. The number of hydrogen-bond acceptors (Lipinski definition) is 0. The van der Waals surface area contributed by atoms with Crippen LogP contribution in [-0.4, -0.2) is 6.18 Å². The van der Waals surface area contributed by atoms with Crippen LogP contribution in [0.2, 0.25) is 0 Å². The molecule has 0 aromatic heterocycles. The Labute approximate surface area is 100.0 Å². The number of alkyl halides is 4. The maximum absolute atomic E-state index is 13.2. The third kappa shape index (κ3) is 2.59. The standard InChI is InChI=1S/C8H4BrF4I/c9-7(8(11,12)13)4-2-1-3-5(14)6(4)10/h1-3,7H. The Hall–Kier alpha value is 0.150. The fourth-order valence-electron chi connectivity index (χ4n) is 0.893. The van der Waals surface area contributed by atoms with Crippen molar-refractivity contribution in [3.05, 3.63) is 33.1 Å². The largest absolute Gasteiger partial charge is 0.405 e. The van der Waals surface area contributed by atoms with Crippen molar-refractivity contribution in [1.29, 1.82) is 0 Å². The molecule has 6 heteroatoms.